The zero-order chi connectivity index (χ0) is 13.3. The van der Waals surface area contributed by atoms with Gasteiger partial charge in [-0.25, -0.2) is 0 Å². The lowest BCUT2D eigenvalue weighted by Crippen LogP contribution is -2.42. The molecule has 0 bridgehead atoms. The third kappa shape index (κ3) is 2.54. The maximum atomic E-state index is 11.6. The molecule has 4 nitrogen and oxygen atoms in total. The number of amides is 1. The smallest absolute Gasteiger partial charge is 0.231 e. The van der Waals surface area contributed by atoms with Gasteiger partial charge in [0, 0.05) is 24.8 Å². The molecule has 2 rings (SSSR count). The van der Waals surface area contributed by atoms with Crippen LogP contribution in [0.5, 0.6) is 0 Å². The van der Waals surface area contributed by atoms with Crippen LogP contribution in [0, 0.1) is 0 Å². The van der Waals surface area contributed by atoms with Crippen molar-refractivity contribution in [3.8, 4) is 0 Å². The molecule has 1 heterocycles. The second-order valence-electron chi connectivity index (χ2n) is 5.49. The summed E-state index contributed by atoms with van der Waals surface area (Å²) in [6, 6.07) is 6.08. The average Bonchev–Trinajstić information content (AvgIpc) is 2.62. The van der Waals surface area contributed by atoms with Crippen molar-refractivity contribution < 1.29 is 9.90 Å². The number of nitrogens with zero attached hydrogens (tertiary/aromatic N) is 1. The van der Waals surface area contributed by atoms with Crippen LogP contribution in [0.4, 0.5) is 5.69 Å². The standard InChI is InChI=1S/C14H20N2O2/c1-14(2,9-17)15-8-10-4-5-12-11(6-10)7-13(18)16(12)3/h4-6,15,17H,7-9H2,1-3H3. The predicted octanol–water partition coefficient (Wildman–Crippen LogP) is 1.07. The summed E-state index contributed by atoms with van der Waals surface area (Å²) >= 11 is 0. The molecule has 0 unspecified atom stereocenters. The number of nitrogens with one attached hydrogen (secondary N) is 1. The van der Waals surface area contributed by atoms with E-state index in [4.69, 9.17) is 0 Å². The van der Waals surface area contributed by atoms with Crippen molar-refractivity contribution >= 4 is 11.6 Å². The van der Waals surface area contributed by atoms with Gasteiger partial charge in [-0.3, -0.25) is 4.79 Å². The number of aliphatic hydroxyl groups is 1. The summed E-state index contributed by atoms with van der Waals surface area (Å²) in [4.78, 5) is 13.3. The number of aliphatic hydroxyl groups excluding tert-OH is 1. The van der Waals surface area contributed by atoms with Crippen LogP contribution in [0.1, 0.15) is 25.0 Å². The van der Waals surface area contributed by atoms with Gasteiger partial charge in [-0.05, 0) is 31.0 Å². The molecule has 98 valence electrons. The fourth-order valence-corrected chi connectivity index (χ4v) is 2.03. The minimum atomic E-state index is -0.286. The summed E-state index contributed by atoms with van der Waals surface area (Å²) in [6.45, 7) is 4.70. The highest BCUT2D eigenvalue weighted by Gasteiger charge is 2.24. The Morgan fingerprint density at radius 3 is 2.83 bits per heavy atom. The number of anilines is 1. The first kappa shape index (κ1) is 13.1. The Labute approximate surface area is 108 Å². The normalized spacial score (nSPS) is 15.1. The molecule has 4 heteroatoms. The summed E-state index contributed by atoms with van der Waals surface area (Å²) < 4.78 is 0. The SMILES string of the molecule is CN1C(=O)Cc2cc(CNC(C)(C)CO)ccc21. The van der Waals surface area contributed by atoms with E-state index in [1.54, 1.807) is 11.9 Å². The minimum absolute atomic E-state index is 0.0964. The fourth-order valence-electron chi connectivity index (χ4n) is 2.03. The topological polar surface area (TPSA) is 52.6 Å². The zero-order valence-electron chi connectivity index (χ0n) is 11.2. The highest BCUT2D eigenvalue weighted by atomic mass is 16.3. The van der Waals surface area contributed by atoms with Gasteiger partial charge >= 0.3 is 0 Å². The third-order valence-corrected chi connectivity index (χ3v) is 3.39. The average molecular weight is 248 g/mol. The van der Waals surface area contributed by atoms with Gasteiger partial charge in [0.2, 0.25) is 5.91 Å². The fraction of sp³-hybridized carbons (Fsp3) is 0.500. The zero-order valence-corrected chi connectivity index (χ0v) is 11.2. The van der Waals surface area contributed by atoms with Crippen LogP contribution < -0.4 is 10.2 Å². The summed E-state index contributed by atoms with van der Waals surface area (Å²) in [7, 11) is 1.81. The first-order valence-electron chi connectivity index (χ1n) is 6.17. The van der Waals surface area contributed by atoms with E-state index in [-0.39, 0.29) is 18.1 Å². The number of fused-ring (bicyclic) bond motifs is 1. The van der Waals surface area contributed by atoms with Crippen LogP contribution in [0.3, 0.4) is 0 Å². The molecule has 1 aromatic rings. The van der Waals surface area contributed by atoms with E-state index >= 15 is 0 Å². The molecule has 0 fully saturated rings. The Kier molecular flexibility index (Phi) is 3.41. The van der Waals surface area contributed by atoms with Crippen LogP contribution >= 0.6 is 0 Å². The van der Waals surface area contributed by atoms with Crippen molar-refractivity contribution in [2.75, 3.05) is 18.6 Å². The highest BCUT2D eigenvalue weighted by Crippen LogP contribution is 2.28. The number of carbonyl (C=O) groups excluding carboxylic acids is 1. The van der Waals surface area contributed by atoms with E-state index in [0.717, 1.165) is 16.8 Å². The molecule has 0 atom stereocenters. The number of likely N-dealkylation sites (N-methyl/N-ethyl adjacent to an activating group) is 1. The minimum Gasteiger partial charge on any atom is -0.394 e. The monoisotopic (exact) mass is 248 g/mol. The molecule has 1 aromatic carbocycles. The van der Waals surface area contributed by atoms with Gasteiger partial charge < -0.3 is 15.3 Å². The van der Waals surface area contributed by atoms with Crippen molar-refractivity contribution in [1.82, 2.24) is 5.32 Å². The maximum Gasteiger partial charge on any atom is 0.231 e. The van der Waals surface area contributed by atoms with Gasteiger partial charge in [-0.2, -0.15) is 0 Å². The van der Waals surface area contributed by atoms with Crippen LogP contribution in [-0.2, 0) is 17.8 Å². The maximum absolute atomic E-state index is 11.6. The molecule has 0 saturated carbocycles. The Hall–Kier alpha value is -1.39. The summed E-state index contributed by atoms with van der Waals surface area (Å²) in [5.74, 6) is 0.144. The van der Waals surface area contributed by atoms with Crippen LogP contribution in [0.15, 0.2) is 18.2 Å². The Bertz CT molecular complexity index is 469. The van der Waals surface area contributed by atoms with Gasteiger partial charge in [0.25, 0.3) is 0 Å². The van der Waals surface area contributed by atoms with E-state index in [9.17, 15) is 9.90 Å². The molecular formula is C14H20N2O2. The Balaban J connectivity index is 2.10. The lowest BCUT2D eigenvalue weighted by molar-refractivity contribution is -0.117. The van der Waals surface area contributed by atoms with Crippen molar-refractivity contribution in [3.63, 3.8) is 0 Å². The van der Waals surface area contributed by atoms with Crippen LogP contribution in [0.25, 0.3) is 0 Å². The summed E-state index contributed by atoms with van der Waals surface area (Å²) in [6.07, 6.45) is 0.489. The van der Waals surface area contributed by atoms with E-state index < -0.39 is 0 Å². The first-order chi connectivity index (χ1) is 8.43. The first-order valence-corrected chi connectivity index (χ1v) is 6.17. The number of benzene rings is 1. The molecule has 0 saturated heterocycles. The number of hydrogen-bond acceptors (Lipinski definition) is 3. The molecule has 2 N–H and O–H groups in total. The molecule has 0 aromatic heterocycles. The van der Waals surface area contributed by atoms with Crippen molar-refractivity contribution in [1.29, 1.82) is 0 Å². The molecule has 18 heavy (non-hydrogen) atoms. The quantitative estimate of drug-likeness (QED) is 0.838. The van der Waals surface area contributed by atoms with Gasteiger partial charge in [0.1, 0.15) is 0 Å². The van der Waals surface area contributed by atoms with Gasteiger partial charge in [-0.1, -0.05) is 12.1 Å². The molecule has 0 radical (unpaired) electrons. The van der Waals surface area contributed by atoms with E-state index in [1.807, 2.05) is 26.0 Å². The van der Waals surface area contributed by atoms with Crippen molar-refractivity contribution in [2.24, 2.45) is 0 Å². The predicted molar refractivity (Wildman–Crippen MR) is 71.6 cm³/mol. The molecule has 0 spiro atoms. The summed E-state index contributed by atoms with van der Waals surface area (Å²) in [5, 5.41) is 12.5. The number of rotatable bonds is 4. The third-order valence-electron chi connectivity index (χ3n) is 3.39. The second-order valence-corrected chi connectivity index (χ2v) is 5.49. The second kappa shape index (κ2) is 4.71. The van der Waals surface area contributed by atoms with E-state index in [2.05, 4.69) is 11.4 Å². The van der Waals surface area contributed by atoms with Crippen molar-refractivity contribution in [2.45, 2.75) is 32.4 Å². The van der Waals surface area contributed by atoms with Crippen LogP contribution in [-0.4, -0.2) is 30.2 Å². The molecule has 1 amide bonds. The lowest BCUT2D eigenvalue weighted by atomic mass is 10.0. The molecular weight excluding hydrogens is 228 g/mol. The van der Waals surface area contributed by atoms with Gasteiger partial charge in [-0.15, -0.1) is 0 Å². The van der Waals surface area contributed by atoms with E-state index in [0.29, 0.717) is 13.0 Å². The molecule has 0 aliphatic carbocycles. The largest absolute Gasteiger partial charge is 0.394 e. The number of carbonyl (C=O) groups is 1. The van der Waals surface area contributed by atoms with Crippen molar-refractivity contribution in [3.05, 3.63) is 29.3 Å². The van der Waals surface area contributed by atoms with Gasteiger partial charge in [0.05, 0.1) is 13.0 Å². The Morgan fingerprint density at radius 1 is 1.44 bits per heavy atom. The van der Waals surface area contributed by atoms with Gasteiger partial charge in [0.15, 0.2) is 0 Å². The molecule has 1 aliphatic heterocycles. The lowest BCUT2D eigenvalue weighted by Gasteiger charge is -2.23. The van der Waals surface area contributed by atoms with Crippen LogP contribution in [0.2, 0.25) is 0 Å². The molecule has 1 aliphatic rings. The summed E-state index contributed by atoms with van der Waals surface area (Å²) in [5.41, 5.74) is 2.94. The Morgan fingerprint density at radius 2 is 2.17 bits per heavy atom. The number of hydrogen-bond donors (Lipinski definition) is 2. The van der Waals surface area contributed by atoms with E-state index in [1.165, 1.54) is 0 Å². The highest BCUT2D eigenvalue weighted by molar-refractivity contribution is 6.00.